The number of hydrogen-bond acceptors (Lipinski definition) is 8. The van der Waals surface area contributed by atoms with Crippen LogP contribution >= 0.6 is 0 Å². The first-order valence-electron chi connectivity index (χ1n) is 3.63. The zero-order valence-electron chi connectivity index (χ0n) is 10.3. The second kappa shape index (κ2) is 29.8. The molecule has 0 fully saturated rings. The van der Waals surface area contributed by atoms with Gasteiger partial charge >= 0.3 is 36.5 Å². The molecule has 0 saturated carbocycles. The van der Waals surface area contributed by atoms with E-state index in [9.17, 15) is 0 Å². The van der Waals surface area contributed by atoms with Crippen LogP contribution in [0.3, 0.4) is 0 Å². The molecule has 0 aromatic carbocycles. The van der Waals surface area contributed by atoms with Gasteiger partial charge in [-0.05, 0) is 27.7 Å². The molecule has 0 rings (SSSR count). The van der Waals surface area contributed by atoms with Gasteiger partial charge in [0.05, 0.1) is 0 Å². The van der Waals surface area contributed by atoms with Crippen LogP contribution in [0.4, 0.5) is 0 Å². The molecule has 0 spiro atoms. The number of carbonyl (C=O) groups excluding carboxylic acids is 4. The largest absolute Gasteiger partial charge is 2.00 e. The molecule has 0 heterocycles. The van der Waals surface area contributed by atoms with Crippen molar-refractivity contribution in [3.8, 4) is 0 Å². The Hall–Kier alpha value is -0.977. The standard InChI is InChI=1S/4C2H4O2.Fe.Zn/c4*1-2(3)4;;/h4*1H3,(H,3,4);;/q;;;;2*+2/p-4. The first-order valence-corrected chi connectivity index (χ1v) is 3.63. The normalized spacial score (nSPS) is 5.56. The fourth-order valence-electron chi connectivity index (χ4n) is 0. The third-order valence-corrected chi connectivity index (χ3v) is 0. The Morgan fingerprint density at radius 1 is 0.556 bits per heavy atom. The third-order valence-electron chi connectivity index (χ3n) is 0. The zero-order chi connectivity index (χ0) is 14.3. The van der Waals surface area contributed by atoms with Gasteiger partial charge < -0.3 is 39.6 Å². The summed E-state index contributed by atoms with van der Waals surface area (Å²) in [6.07, 6.45) is 0. The Kier molecular flexibility index (Phi) is 59.5. The molecule has 0 aromatic rings. The average Bonchev–Trinajstić information content (AvgIpc) is 1.76. The van der Waals surface area contributed by atoms with E-state index >= 15 is 0 Å². The number of rotatable bonds is 0. The summed E-state index contributed by atoms with van der Waals surface area (Å²) in [4.78, 5) is 35.6. The maximum absolute atomic E-state index is 8.89. The van der Waals surface area contributed by atoms with Crippen LogP contribution in [-0.2, 0) is 55.7 Å². The van der Waals surface area contributed by atoms with Gasteiger partial charge in [-0.25, -0.2) is 0 Å². The van der Waals surface area contributed by atoms with Gasteiger partial charge in [0.1, 0.15) is 0 Å². The number of hydrogen-bond donors (Lipinski definition) is 0. The fourth-order valence-corrected chi connectivity index (χ4v) is 0. The molecule has 8 nitrogen and oxygen atoms in total. The van der Waals surface area contributed by atoms with Gasteiger partial charge in [-0.2, -0.15) is 0 Å². The second-order valence-corrected chi connectivity index (χ2v) is 1.97. The Morgan fingerprint density at radius 2 is 0.556 bits per heavy atom. The van der Waals surface area contributed by atoms with Crippen LogP contribution < -0.4 is 20.4 Å². The van der Waals surface area contributed by atoms with E-state index in [0.717, 1.165) is 27.7 Å². The summed E-state index contributed by atoms with van der Waals surface area (Å²) < 4.78 is 0. The molecule has 0 bridgehead atoms. The van der Waals surface area contributed by atoms with Crippen molar-refractivity contribution in [2.45, 2.75) is 27.7 Å². The molecule has 102 valence electrons. The molecule has 0 aliphatic heterocycles. The Labute approximate surface area is 128 Å². The molecule has 0 aliphatic carbocycles. The van der Waals surface area contributed by atoms with E-state index < -0.39 is 23.9 Å². The maximum atomic E-state index is 8.89. The van der Waals surface area contributed by atoms with Gasteiger partial charge in [-0.3, -0.25) is 0 Å². The molecule has 0 aromatic heterocycles. The van der Waals surface area contributed by atoms with Gasteiger partial charge in [-0.1, -0.05) is 0 Å². The van der Waals surface area contributed by atoms with Crippen molar-refractivity contribution in [3.63, 3.8) is 0 Å². The number of aliphatic carboxylic acids is 4. The minimum atomic E-state index is -1.08. The summed E-state index contributed by atoms with van der Waals surface area (Å²) in [5, 5.41) is 35.6. The fraction of sp³-hybridized carbons (Fsp3) is 0.500. The molecule has 0 N–H and O–H groups in total. The SMILES string of the molecule is CC(=O)[O-].CC(=O)[O-].CC(=O)[O-].CC(=O)[O-].[Fe+2].[Zn+2]. The van der Waals surface area contributed by atoms with E-state index in [-0.39, 0.29) is 36.5 Å². The summed E-state index contributed by atoms with van der Waals surface area (Å²) in [5.41, 5.74) is 0. The average molecular weight is 357 g/mol. The first kappa shape index (κ1) is 36.0. The molecule has 10 heteroatoms. The topological polar surface area (TPSA) is 161 Å². The van der Waals surface area contributed by atoms with E-state index in [1.54, 1.807) is 0 Å². The summed E-state index contributed by atoms with van der Waals surface area (Å²) in [6, 6.07) is 0. The molecule has 0 unspecified atom stereocenters. The van der Waals surface area contributed by atoms with Crippen LogP contribution in [-0.4, -0.2) is 23.9 Å². The van der Waals surface area contributed by atoms with Crippen LogP contribution in [0.25, 0.3) is 0 Å². The van der Waals surface area contributed by atoms with Gasteiger partial charge in [0, 0.05) is 23.9 Å². The van der Waals surface area contributed by atoms with E-state index in [2.05, 4.69) is 0 Å². The van der Waals surface area contributed by atoms with Gasteiger partial charge in [0.25, 0.3) is 0 Å². The van der Waals surface area contributed by atoms with Gasteiger partial charge in [-0.15, -0.1) is 0 Å². The van der Waals surface area contributed by atoms with Crippen LogP contribution in [0.2, 0.25) is 0 Å². The van der Waals surface area contributed by atoms with Crippen molar-refractivity contribution < 1.29 is 76.2 Å². The van der Waals surface area contributed by atoms with Crippen molar-refractivity contribution in [1.29, 1.82) is 0 Å². The second-order valence-electron chi connectivity index (χ2n) is 1.97. The zero-order valence-corrected chi connectivity index (χ0v) is 14.4. The number of carbonyl (C=O) groups is 4. The minimum Gasteiger partial charge on any atom is -0.550 e. The predicted molar refractivity (Wildman–Crippen MR) is 42.7 cm³/mol. The van der Waals surface area contributed by atoms with Crippen molar-refractivity contribution >= 4 is 23.9 Å². The quantitative estimate of drug-likeness (QED) is 0.389. The van der Waals surface area contributed by atoms with Crippen molar-refractivity contribution in [2.24, 2.45) is 0 Å². The Morgan fingerprint density at radius 3 is 0.556 bits per heavy atom. The molecule has 0 radical (unpaired) electrons. The third kappa shape index (κ3) is 3090. The first-order chi connectivity index (χ1) is 6.93. The summed E-state index contributed by atoms with van der Waals surface area (Å²) in [5.74, 6) is -4.33. The number of carboxylic acids is 4. The predicted octanol–water partition coefficient (Wildman–Crippen LogP) is -4.98. The molecule has 0 saturated heterocycles. The summed E-state index contributed by atoms with van der Waals surface area (Å²) in [7, 11) is 0. The summed E-state index contributed by atoms with van der Waals surface area (Å²) in [6.45, 7) is 3.89. The van der Waals surface area contributed by atoms with E-state index in [4.69, 9.17) is 39.6 Å². The van der Waals surface area contributed by atoms with Crippen LogP contribution in [0.5, 0.6) is 0 Å². The molecule has 0 aliphatic rings. The van der Waals surface area contributed by atoms with E-state index in [1.807, 2.05) is 0 Å². The van der Waals surface area contributed by atoms with Gasteiger partial charge in [0.2, 0.25) is 0 Å². The van der Waals surface area contributed by atoms with Crippen molar-refractivity contribution in [2.75, 3.05) is 0 Å². The van der Waals surface area contributed by atoms with Crippen molar-refractivity contribution in [3.05, 3.63) is 0 Å². The van der Waals surface area contributed by atoms with Gasteiger partial charge in [0.15, 0.2) is 0 Å². The molecule has 18 heavy (non-hydrogen) atoms. The van der Waals surface area contributed by atoms with Crippen molar-refractivity contribution in [1.82, 2.24) is 0 Å². The minimum absolute atomic E-state index is 0. The molecule has 0 amide bonds. The van der Waals surface area contributed by atoms with Crippen LogP contribution in [0, 0.1) is 0 Å². The Balaban J connectivity index is -0.0000000257. The van der Waals surface area contributed by atoms with E-state index in [0.29, 0.717) is 0 Å². The molecular weight excluding hydrogens is 345 g/mol. The monoisotopic (exact) mass is 356 g/mol. The molecular formula is C8H12FeO8Zn. The summed E-state index contributed by atoms with van der Waals surface area (Å²) >= 11 is 0. The van der Waals surface area contributed by atoms with E-state index in [1.165, 1.54) is 0 Å². The maximum Gasteiger partial charge on any atom is 2.00 e. The molecule has 0 atom stereocenters. The Bertz CT molecular complexity index is 167. The van der Waals surface area contributed by atoms with Crippen LogP contribution in [0.15, 0.2) is 0 Å². The number of carboxylic acid groups (broad SMARTS) is 4. The smallest absolute Gasteiger partial charge is 0.550 e. The van der Waals surface area contributed by atoms with Crippen LogP contribution in [0.1, 0.15) is 27.7 Å².